The summed E-state index contributed by atoms with van der Waals surface area (Å²) in [6.07, 6.45) is 2.09. The second kappa shape index (κ2) is 4.99. The summed E-state index contributed by atoms with van der Waals surface area (Å²) in [7, 11) is 0. The zero-order valence-electron chi connectivity index (χ0n) is 11.4. The largest absolute Gasteiger partial charge is 0.342 e. The molecule has 1 aromatic heterocycles. The lowest BCUT2D eigenvalue weighted by Gasteiger charge is -2.36. The van der Waals surface area contributed by atoms with Crippen molar-refractivity contribution in [2.24, 2.45) is 5.41 Å². The minimum atomic E-state index is -0.541. The molecule has 2 heterocycles. The fraction of sp³-hybridized carbons (Fsp3) is 0.500. The van der Waals surface area contributed by atoms with Crippen LogP contribution in [0.1, 0.15) is 26.5 Å². The first kappa shape index (κ1) is 13.5. The van der Waals surface area contributed by atoms with E-state index >= 15 is 0 Å². The Kier molecular flexibility index (Phi) is 3.55. The maximum absolute atomic E-state index is 12.0. The van der Waals surface area contributed by atoms with Crippen LogP contribution in [0.2, 0.25) is 0 Å². The number of aromatic nitrogens is 1. The number of nitrogens with zero attached hydrogens (tertiary/aromatic N) is 1. The van der Waals surface area contributed by atoms with Gasteiger partial charge in [-0.2, -0.15) is 0 Å². The number of piperazine rings is 1. The van der Waals surface area contributed by atoms with Crippen molar-refractivity contribution < 1.29 is 9.59 Å². The van der Waals surface area contributed by atoms with Crippen LogP contribution in [0.25, 0.3) is 0 Å². The van der Waals surface area contributed by atoms with Gasteiger partial charge in [0.2, 0.25) is 11.8 Å². The number of rotatable bonds is 2. The molecule has 1 fully saturated rings. The van der Waals surface area contributed by atoms with Crippen LogP contribution >= 0.6 is 0 Å². The highest BCUT2D eigenvalue weighted by molar-refractivity contribution is 5.97. The predicted octanol–water partition coefficient (Wildman–Crippen LogP) is 0.653. The molecule has 0 unspecified atom stereocenters. The predicted molar refractivity (Wildman–Crippen MR) is 71.3 cm³/mol. The third kappa shape index (κ3) is 3.10. The highest BCUT2D eigenvalue weighted by atomic mass is 16.2. The molecule has 2 atom stereocenters. The molecule has 2 N–H and O–H groups in total. The van der Waals surface area contributed by atoms with Crippen LogP contribution in [-0.2, 0) is 16.0 Å². The van der Waals surface area contributed by atoms with Crippen molar-refractivity contribution in [3.05, 3.63) is 30.1 Å². The molecule has 5 heteroatoms. The molecule has 19 heavy (non-hydrogen) atoms. The Balaban J connectivity index is 2.07. The Labute approximate surface area is 112 Å². The second-order valence-electron chi connectivity index (χ2n) is 5.89. The monoisotopic (exact) mass is 261 g/mol. The van der Waals surface area contributed by atoms with Crippen molar-refractivity contribution in [2.45, 2.75) is 39.3 Å². The highest BCUT2D eigenvalue weighted by Crippen LogP contribution is 2.21. The third-order valence-electron chi connectivity index (χ3n) is 3.19. The standard InChI is InChI=1S/C14H19N3O2/c1-14(2,3)11-13(19)16-10(12(18)17-11)8-9-6-4-5-7-15-9/h4-7,10-11H,8H2,1-3H3,(H,16,19)(H,17,18)/t10-,11-/m1/s1. The Morgan fingerprint density at radius 3 is 2.47 bits per heavy atom. The van der Waals surface area contributed by atoms with Crippen molar-refractivity contribution in [3.63, 3.8) is 0 Å². The third-order valence-corrected chi connectivity index (χ3v) is 3.19. The van der Waals surface area contributed by atoms with E-state index in [1.54, 1.807) is 6.20 Å². The SMILES string of the molecule is CC(C)(C)[C@@H]1NC(=O)[C@@H](Cc2ccccn2)NC1=O. The summed E-state index contributed by atoms with van der Waals surface area (Å²) in [6, 6.07) is 4.50. The molecule has 1 aliphatic heterocycles. The number of carbonyl (C=O) groups excluding carboxylic acids is 2. The number of pyridine rings is 1. The van der Waals surface area contributed by atoms with E-state index in [4.69, 9.17) is 0 Å². The first-order valence-corrected chi connectivity index (χ1v) is 6.38. The van der Waals surface area contributed by atoms with E-state index in [-0.39, 0.29) is 17.2 Å². The lowest BCUT2D eigenvalue weighted by atomic mass is 9.84. The Morgan fingerprint density at radius 2 is 1.89 bits per heavy atom. The van der Waals surface area contributed by atoms with Gasteiger partial charge in [0.05, 0.1) is 0 Å². The molecule has 5 nitrogen and oxygen atoms in total. The molecule has 0 aromatic carbocycles. The number of hydrogen-bond acceptors (Lipinski definition) is 3. The summed E-state index contributed by atoms with van der Waals surface area (Å²) in [5, 5.41) is 5.58. The molecule has 0 bridgehead atoms. The van der Waals surface area contributed by atoms with E-state index in [0.29, 0.717) is 6.42 Å². The zero-order valence-corrected chi connectivity index (χ0v) is 11.4. The quantitative estimate of drug-likeness (QED) is 0.821. The van der Waals surface area contributed by atoms with Crippen LogP contribution in [0, 0.1) is 5.41 Å². The smallest absolute Gasteiger partial charge is 0.243 e. The van der Waals surface area contributed by atoms with Gasteiger partial charge in [0.25, 0.3) is 0 Å². The van der Waals surface area contributed by atoms with Crippen LogP contribution in [0.5, 0.6) is 0 Å². The Hall–Kier alpha value is -1.91. The summed E-state index contributed by atoms with van der Waals surface area (Å²) >= 11 is 0. The van der Waals surface area contributed by atoms with Crippen molar-refractivity contribution in [1.29, 1.82) is 0 Å². The molecule has 0 radical (unpaired) electrons. The van der Waals surface area contributed by atoms with E-state index in [0.717, 1.165) is 5.69 Å². The number of amides is 2. The maximum atomic E-state index is 12.0. The maximum Gasteiger partial charge on any atom is 0.243 e. The average molecular weight is 261 g/mol. The van der Waals surface area contributed by atoms with Gasteiger partial charge in [-0.15, -0.1) is 0 Å². The molecule has 1 aliphatic rings. The number of hydrogen-bond donors (Lipinski definition) is 2. The molecule has 0 spiro atoms. The van der Waals surface area contributed by atoms with Crippen molar-refractivity contribution >= 4 is 11.8 Å². The Morgan fingerprint density at radius 1 is 1.16 bits per heavy atom. The minimum Gasteiger partial charge on any atom is -0.342 e. The van der Waals surface area contributed by atoms with Gasteiger partial charge < -0.3 is 10.6 Å². The van der Waals surface area contributed by atoms with E-state index in [1.165, 1.54) is 0 Å². The second-order valence-corrected chi connectivity index (χ2v) is 5.89. The van der Waals surface area contributed by atoms with Crippen molar-refractivity contribution in [3.8, 4) is 0 Å². The van der Waals surface area contributed by atoms with Crippen molar-refractivity contribution in [1.82, 2.24) is 15.6 Å². The first-order valence-electron chi connectivity index (χ1n) is 6.38. The Bertz CT molecular complexity index is 479. The van der Waals surface area contributed by atoms with Gasteiger partial charge in [-0.1, -0.05) is 26.8 Å². The molecule has 1 aromatic rings. The fourth-order valence-corrected chi connectivity index (χ4v) is 2.11. The summed E-state index contributed by atoms with van der Waals surface area (Å²) in [4.78, 5) is 28.3. The first-order chi connectivity index (χ1) is 8.88. The van der Waals surface area contributed by atoms with Gasteiger partial charge in [-0.3, -0.25) is 14.6 Å². The minimum absolute atomic E-state index is 0.131. The molecule has 2 amide bonds. The number of nitrogens with one attached hydrogen (secondary N) is 2. The normalized spacial score (nSPS) is 23.7. The average Bonchev–Trinajstić information content (AvgIpc) is 2.33. The van der Waals surface area contributed by atoms with E-state index in [2.05, 4.69) is 15.6 Å². The fourth-order valence-electron chi connectivity index (χ4n) is 2.11. The molecule has 0 aliphatic carbocycles. The summed E-state index contributed by atoms with van der Waals surface area (Å²) in [5.74, 6) is -0.279. The molecule has 2 rings (SSSR count). The molecular weight excluding hydrogens is 242 g/mol. The van der Waals surface area contributed by atoms with Crippen LogP contribution in [0.4, 0.5) is 0 Å². The van der Waals surface area contributed by atoms with Gasteiger partial charge in [0, 0.05) is 18.3 Å². The van der Waals surface area contributed by atoms with Gasteiger partial charge in [-0.05, 0) is 17.5 Å². The van der Waals surface area contributed by atoms with Crippen LogP contribution in [0.3, 0.4) is 0 Å². The topological polar surface area (TPSA) is 71.1 Å². The molecule has 1 saturated heterocycles. The van der Waals surface area contributed by atoms with Gasteiger partial charge in [0.15, 0.2) is 0 Å². The van der Waals surface area contributed by atoms with Gasteiger partial charge in [0.1, 0.15) is 12.1 Å². The highest BCUT2D eigenvalue weighted by Gasteiger charge is 2.40. The molecular formula is C14H19N3O2. The summed E-state index contributed by atoms with van der Waals surface area (Å²) in [6.45, 7) is 5.78. The van der Waals surface area contributed by atoms with Crippen LogP contribution in [0.15, 0.2) is 24.4 Å². The van der Waals surface area contributed by atoms with E-state index < -0.39 is 12.1 Å². The molecule has 102 valence electrons. The zero-order chi connectivity index (χ0) is 14.0. The lowest BCUT2D eigenvalue weighted by Crippen LogP contribution is -2.65. The van der Waals surface area contributed by atoms with Crippen molar-refractivity contribution in [2.75, 3.05) is 0 Å². The van der Waals surface area contributed by atoms with E-state index in [1.807, 2.05) is 39.0 Å². The van der Waals surface area contributed by atoms with Crippen LogP contribution in [-0.4, -0.2) is 28.9 Å². The van der Waals surface area contributed by atoms with Crippen LogP contribution < -0.4 is 10.6 Å². The van der Waals surface area contributed by atoms with Gasteiger partial charge >= 0.3 is 0 Å². The van der Waals surface area contributed by atoms with Gasteiger partial charge in [-0.25, -0.2) is 0 Å². The summed E-state index contributed by atoms with van der Waals surface area (Å²) < 4.78 is 0. The summed E-state index contributed by atoms with van der Waals surface area (Å²) in [5.41, 5.74) is 0.493. The lowest BCUT2D eigenvalue weighted by molar-refractivity contribution is -0.139. The molecule has 0 saturated carbocycles. The number of carbonyl (C=O) groups is 2. The van der Waals surface area contributed by atoms with E-state index in [9.17, 15) is 9.59 Å².